The van der Waals surface area contributed by atoms with Crippen LogP contribution in [0, 0.1) is 5.92 Å². The van der Waals surface area contributed by atoms with Crippen molar-refractivity contribution in [2.75, 3.05) is 19.3 Å². The highest BCUT2D eigenvalue weighted by atomic mass is 32.2. The van der Waals surface area contributed by atoms with Gasteiger partial charge in [-0.1, -0.05) is 0 Å². The molecule has 0 radical (unpaired) electrons. The average Bonchev–Trinajstić information content (AvgIpc) is 2.63. The van der Waals surface area contributed by atoms with Crippen molar-refractivity contribution in [3.05, 3.63) is 11.4 Å². The summed E-state index contributed by atoms with van der Waals surface area (Å²) in [6.07, 6.45) is 1.12. The number of hydrogen-bond acceptors (Lipinski definition) is 5. The fourth-order valence-electron chi connectivity index (χ4n) is 1.93. The molecule has 0 saturated heterocycles. The van der Waals surface area contributed by atoms with Crippen LogP contribution in [0.15, 0.2) is 15.7 Å². The first kappa shape index (κ1) is 12.8. The summed E-state index contributed by atoms with van der Waals surface area (Å²) in [4.78, 5) is 0. The zero-order chi connectivity index (χ0) is 12.6. The molecular formula is C10H16N2O3S2. The quantitative estimate of drug-likeness (QED) is 0.849. The molecule has 1 saturated carbocycles. The SMILES string of the molecule is CN(CC1CC(O)C1)S(=O)(=O)c1cc(N)cs1. The molecule has 1 heterocycles. The normalized spacial score (nSPS) is 24.9. The van der Waals surface area contributed by atoms with Crippen molar-refractivity contribution in [2.45, 2.75) is 23.2 Å². The molecule has 0 atom stereocenters. The molecule has 0 aromatic carbocycles. The highest BCUT2D eigenvalue weighted by molar-refractivity contribution is 7.91. The standard InChI is InChI=1S/C10H16N2O3S2/c1-12(5-7-2-9(13)3-7)17(14,15)10-4-8(11)6-16-10/h4,6-7,9,13H,2-3,5,11H2,1H3. The van der Waals surface area contributed by atoms with E-state index in [1.807, 2.05) is 0 Å². The van der Waals surface area contributed by atoms with Crippen molar-refractivity contribution in [3.63, 3.8) is 0 Å². The lowest BCUT2D eigenvalue weighted by atomic mass is 9.82. The summed E-state index contributed by atoms with van der Waals surface area (Å²) in [5, 5.41) is 10.8. The van der Waals surface area contributed by atoms with Crippen LogP contribution in [0.2, 0.25) is 0 Å². The van der Waals surface area contributed by atoms with Crippen LogP contribution in [-0.4, -0.2) is 37.5 Å². The van der Waals surface area contributed by atoms with E-state index in [9.17, 15) is 13.5 Å². The Balaban J connectivity index is 2.05. The van der Waals surface area contributed by atoms with Gasteiger partial charge in [-0.25, -0.2) is 8.42 Å². The fourth-order valence-corrected chi connectivity index (χ4v) is 4.47. The van der Waals surface area contributed by atoms with Gasteiger partial charge in [-0.05, 0) is 24.8 Å². The Hall–Kier alpha value is -0.630. The summed E-state index contributed by atoms with van der Waals surface area (Å²) in [6, 6.07) is 1.48. The number of anilines is 1. The van der Waals surface area contributed by atoms with E-state index in [-0.39, 0.29) is 16.2 Å². The van der Waals surface area contributed by atoms with Gasteiger partial charge in [0.1, 0.15) is 4.21 Å². The van der Waals surface area contributed by atoms with Gasteiger partial charge in [0.25, 0.3) is 10.0 Å². The Bertz CT molecular complexity index is 491. The third-order valence-electron chi connectivity index (χ3n) is 2.99. The van der Waals surface area contributed by atoms with E-state index in [0.717, 1.165) is 11.3 Å². The molecule has 0 spiro atoms. The number of rotatable bonds is 4. The van der Waals surface area contributed by atoms with Crippen LogP contribution in [-0.2, 0) is 10.0 Å². The zero-order valence-electron chi connectivity index (χ0n) is 9.54. The number of nitrogens with two attached hydrogens (primary N) is 1. The molecule has 7 heteroatoms. The highest BCUT2D eigenvalue weighted by Gasteiger charge is 2.32. The number of thiophene rings is 1. The van der Waals surface area contributed by atoms with Gasteiger partial charge >= 0.3 is 0 Å². The van der Waals surface area contributed by atoms with Crippen molar-refractivity contribution in [1.29, 1.82) is 0 Å². The summed E-state index contributed by atoms with van der Waals surface area (Å²) in [5.74, 6) is 0.266. The van der Waals surface area contributed by atoms with E-state index in [2.05, 4.69) is 0 Å². The van der Waals surface area contributed by atoms with Crippen LogP contribution in [0.3, 0.4) is 0 Å². The number of nitrogens with zero attached hydrogens (tertiary/aromatic N) is 1. The Labute approximate surface area is 105 Å². The number of nitrogen functional groups attached to an aromatic ring is 1. The van der Waals surface area contributed by atoms with Crippen molar-refractivity contribution >= 4 is 27.0 Å². The Morgan fingerprint density at radius 1 is 1.59 bits per heavy atom. The first-order chi connectivity index (χ1) is 7.89. The molecule has 1 aromatic heterocycles. The summed E-state index contributed by atoms with van der Waals surface area (Å²) >= 11 is 1.13. The van der Waals surface area contributed by atoms with E-state index in [1.165, 1.54) is 10.4 Å². The summed E-state index contributed by atoms with van der Waals surface area (Å²) in [7, 11) is -1.85. The Morgan fingerprint density at radius 2 is 2.24 bits per heavy atom. The number of aliphatic hydroxyl groups excluding tert-OH is 1. The average molecular weight is 276 g/mol. The predicted molar refractivity (Wildman–Crippen MR) is 67.3 cm³/mol. The molecule has 0 bridgehead atoms. The smallest absolute Gasteiger partial charge is 0.252 e. The minimum absolute atomic E-state index is 0.256. The Morgan fingerprint density at radius 3 is 2.71 bits per heavy atom. The second kappa shape index (κ2) is 4.56. The van der Waals surface area contributed by atoms with Crippen molar-refractivity contribution in [2.24, 2.45) is 5.92 Å². The molecule has 96 valence electrons. The molecule has 5 nitrogen and oxygen atoms in total. The molecule has 1 fully saturated rings. The monoisotopic (exact) mass is 276 g/mol. The van der Waals surface area contributed by atoms with Gasteiger partial charge in [0, 0.05) is 24.7 Å². The first-order valence-electron chi connectivity index (χ1n) is 5.38. The van der Waals surface area contributed by atoms with Crippen LogP contribution in [0.1, 0.15) is 12.8 Å². The molecule has 0 unspecified atom stereocenters. The molecule has 1 aliphatic carbocycles. The minimum atomic E-state index is -3.42. The van der Waals surface area contributed by atoms with E-state index in [1.54, 1.807) is 12.4 Å². The first-order valence-corrected chi connectivity index (χ1v) is 7.70. The Kier molecular flexibility index (Phi) is 3.44. The topological polar surface area (TPSA) is 83.6 Å². The maximum atomic E-state index is 12.1. The van der Waals surface area contributed by atoms with Gasteiger partial charge in [0.2, 0.25) is 0 Å². The van der Waals surface area contributed by atoms with Crippen LogP contribution in [0.5, 0.6) is 0 Å². The fraction of sp³-hybridized carbons (Fsp3) is 0.600. The van der Waals surface area contributed by atoms with Crippen molar-refractivity contribution in [1.82, 2.24) is 4.31 Å². The van der Waals surface area contributed by atoms with Crippen LogP contribution in [0.4, 0.5) is 5.69 Å². The number of sulfonamides is 1. The third-order valence-corrected chi connectivity index (χ3v) is 6.24. The highest BCUT2D eigenvalue weighted by Crippen LogP contribution is 2.30. The molecule has 17 heavy (non-hydrogen) atoms. The molecule has 1 aliphatic rings. The lowest BCUT2D eigenvalue weighted by molar-refractivity contribution is 0.0367. The van der Waals surface area contributed by atoms with Crippen LogP contribution in [0.25, 0.3) is 0 Å². The molecule has 3 N–H and O–H groups in total. The number of hydrogen-bond donors (Lipinski definition) is 2. The lowest BCUT2D eigenvalue weighted by Crippen LogP contribution is -2.39. The largest absolute Gasteiger partial charge is 0.398 e. The molecule has 0 amide bonds. The van der Waals surface area contributed by atoms with Gasteiger partial charge < -0.3 is 10.8 Å². The molecule has 0 aliphatic heterocycles. The zero-order valence-corrected chi connectivity index (χ0v) is 11.2. The van der Waals surface area contributed by atoms with Crippen LogP contribution >= 0.6 is 11.3 Å². The second-order valence-electron chi connectivity index (χ2n) is 4.48. The number of aliphatic hydroxyl groups is 1. The van der Waals surface area contributed by atoms with E-state index < -0.39 is 10.0 Å². The minimum Gasteiger partial charge on any atom is -0.398 e. The van der Waals surface area contributed by atoms with Gasteiger partial charge in [-0.2, -0.15) is 4.31 Å². The molecular weight excluding hydrogens is 260 g/mol. The van der Waals surface area contributed by atoms with Gasteiger partial charge in [0.05, 0.1) is 6.10 Å². The lowest BCUT2D eigenvalue weighted by Gasteiger charge is -2.33. The second-order valence-corrected chi connectivity index (χ2v) is 7.66. The predicted octanol–water partition coefficient (Wildman–Crippen LogP) is 0.722. The summed E-state index contributed by atoms with van der Waals surface area (Å²) < 4.78 is 25.9. The van der Waals surface area contributed by atoms with Crippen molar-refractivity contribution < 1.29 is 13.5 Å². The van der Waals surface area contributed by atoms with Gasteiger partial charge in [-0.3, -0.25) is 0 Å². The summed E-state index contributed by atoms with van der Waals surface area (Å²) in [5.41, 5.74) is 6.00. The third kappa shape index (κ3) is 2.62. The molecule has 2 rings (SSSR count). The van der Waals surface area contributed by atoms with Crippen LogP contribution < -0.4 is 5.73 Å². The van der Waals surface area contributed by atoms with Gasteiger partial charge in [-0.15, -0.1) is 11.3 Å². The van der Waals surface area contributed by atoms with E-state index in [0.29, 0.717) is 25.1 Å². The molecule has 1 aromatic rings. The van der Waals surface area contributed by atoms with Gasteiger partial charge in [0.15, 0.2) is 0 Å². The van der Waals surface area contributed by atoms with Crippen molar-refractivity contribution in [3.8, 4) is 0 Å². The van der Waals surface area contributed by atoms with E-state index in [4.69, 9.17) is 5.73 Å². The maximum absolute atomic E-state index is 12.1. The summed E-state index contributed by atoms with van der Waals surface area (Å²) in [6.45, 7) is 0.456. The maximum Gasteiger partial charge on any atom is 0.252 e. The van der Waals surface area contributed by atoms with E-state index >= 15 is 0 Å².